The molecular formula is C58H42N2S. The molecule has 3 heteroatoms. The van der Waals surface area contributed by atoms with E-state index in [1.807, 2.05) is 0 Å². The van der Waals surface area contributed by atoms with E-state index < -0.39 is 10.0 Å². The first-order valence-corrected chi connectivity index (χ1v) is 22.5. The van der Waals surface area contributed by atoms with Crippen molar-refractivity contribution in [3.63, 3.8) is 0 Å². The van der Waals surface area contributed by atoms with Crippen LogP contribution in [0.2, 0.25) is 0 Å². The Morgan fingerprint density at radius 2 is 0.820 bits per heavy atom. The molecule has 290 valence electrons. The topological polar surface area (TPSA) is 6.48 Å². The largest absolute Gasteiger partial charge is 0.310 e. The molecule has 0 unspecified atom stereocenters. The van der Waals surface area contributed by atoms with E-state index in [-0.39, 0.29) is 0 Å². The van der Waals surface area contributed by atoms with Gasteiger partial charge in [0.15, 0.2) is 0 Å². The Morgan fingerprint density at radius 1 is 0.328 bits per heavy atom. The number of para-hydroxylation sites is 2. The van der Waals surface area contributed by atoms with Gasteiger partial charge >= 0.3 is 0 Å². The molecule has 0 fully saturated rings. The summed E-state index contributed by atoms with van der Waals surface area (Å²) in [6.07, 6.45) is 0. The second-order valence-corrected chi connectivity index (χ2v) is 18.4. The highest BCUT2D eigenvalue weighted by atomic mass is 32.3. The van der Waals surface area contributed by atoms with Gasteiger partial charge in [-0.15, -0.1) is 10.0 Å². The van der Waals surface area contributed by atoms with Crippen molar-refractivity contribution in [1.29, 1.82) is 0 Å². The van der Waals surface area contributed by atoms with Crippen LogP contribution in [0.5, 0.6) is 0 Å². The first-order valence-electron chi connectivity index (χ1n) is 20.8. The first kappa shape index (κ1) is 36.5. The Bertz CT molecular complexity index is 3070. The summed E-state index contributed by atoms with van der Waals surface area (Å²) in [6.45, 7) is 0. The minimum absolute atomic E-state index is 1.08. The maximum atomic E-state index is 2.48. The summed E-state index contributed by atoms with van der Waals surface area (Å²) in [7, 11) is -1.94. The average molecular weight is 799 g/mol. The third-order valence-corrected chi connectivity index (χ3v) is 15.8. The third kappa shape index (κ3) is 6.30. The van der Waals surface area contributed by atoms with Gasteiger partial charge in [-0.3, -0.25) is 0 Å². The number of rotatable bonds is 8. The second-order valence-electron chi connectivity index (χ2n) is 15.4. The molecule has 0 saturated heterocycles. The molecule has 10 aromatic rings. The molecule has 0 N–H and O–H groups in total. The van der Waals surface area contributed by atoms with Gasteiger partial charge in [0, 0.05) is 42.3 Å². The zero-order valence-corrected chi connectivity index (χ0v) is 34.4. The molecule has 0 amide bonds. The highest BCUT2D eigenvalue weighted by Gasteiger charge is 2.43. The van der Waals surface area contributed by atoms with Crippen molar-refractivity contribution in [1.82, 2.24) is 0 Å². The minimum atomic E-state index is -1.94. The number of benzene rings is 10. The Kier molecular flexibility index (Phi) is 9.30. The van der Waals surface area contributed by atoms with Crippen molar-refractivity contribution >= 4 is 54.9 Å². The lowest BCUT2D eigenvalue weighted by atomic mass is 9.98. The van der Waals surface area contributed by atoms with Gasteiger partial charge in [0.1, 0.15) is 0 Å². The van der Waals surface area contributed by atoms with Crippen LogP contribution in [-0.2, 0) is 0 Å². The quantitative estimate of drug-likeness (QED) is 0.151. The molecular weight excluding hydrogens is 757 g/mol. The van der Waals surface area contributed by atoms with Crippen molar-refractivity contribution in [3.8, 4) is 22.3 Å². The molecule has 0 spiro atoms. The SMILES string of the molecule is c1ccc(-c2ccc(N(c3ccc(-c4cccc5ccccc45)cc3)c3ccc4c(c3)N(c3ccccc3)c3ccccc3S4(c3ccccc3)c3ccccc3)cc2)cc1. The van der Waals surface area contributed by atoms with E-state index in [0.717, 1.165) is 22.7 Å². The van der Waals surface area contributed by atoms with Crippen molar-refractivity contribution in [2.75, 3.05) is 9.80 Å². The number of nitrogens with zero attached hydrogens (tertiary/aromatic N) is 2. The lowest BCUT2D eigenvalue weighted by Gasteiger charge is -2.50. The molecule has 61 heavy (non-hydrogen) atoms. The number of fused-ring (bicyclic) bond motifs is 3. The molecule has 0 aliphatic carbocycles. The maximum absolute atomic E-state index is 2.48. The lowest BCUT2D eigenvalue weighted by molar-refractivity contribution is 1.11. The van der Waals surface area contributed by atoms with Gasteiger partial charge in [-0.2, -0.15) is 0 Å². The van der Waals surface area contributed by atoms with Crippen LogP contribution in [0.4, 0.5) is 34.1 Å². The Balaban J connectivity index is 1.15. The monoisotopic (exact) mass is 798 g/mol. The van der Waals surface area contributed by atoms with Crippen LogP contribution in [0, 0.1) is 0 Å². The molecule has 0 radical (unpaired) electrons. The summed E-state index contributed by atoms with van der Waals surface area (Å²) in [6, 6.07) is 93.3. The van der Waals surface area contributed by atoms with E-state index in [1.54, 1.807) is 0 Å². The number of anilines is 6. The van der Waals surface area contributed by atoms with Gasteiger partial charge in [0.05, 0.1) is 11.4 Å². The molecule has 0 aromatic heterocycles. The van der Waals surface area contributed by atoms with Crippen molar-refractivity contribution in [2.45, 2.75) is 19.6 Å². The summed E-state index contributed by atoms with van der Waals surface area (Å²) in [5.74, 6) is 0. The number of hydrogen-bond donors (Lipinski definition) is 0. The van der Waals surface area contributed by atoms with Crippen LogP contribution < -0.4 is 9.80 Å². The van der Waals surface area contributed by atoms with Gasteiger partial charge in [-0.1, -0.05) is 164 Å². The molecule has 10 aromatic carbocycles. The van der Waals surface area contributed by atoms with Crippen molar-refractivity contribution in [2.24, 2.45) is 0 Å². The van der Waals surface area contributed by atoms with Gasteiger partial charge in [0.25, 0.3) is 0 Å². The zero-order valence-electron chi connectivity index (χ0n) is 33.6. The highest BCUT2D eigenvalue weighted by molar-refractivity contribution is 8.34. The van der Waals surface area contributed by atoms with Gasteiger partial charge in [0.2, 0.25) is 0 Å². The van der Waals surface area contributed by atoms with Crippen LogP contribution in [0.3, 0.4) is 0 Å². The second kappa shape index (κ2) is 15.5. The summed E-state index contributed by atoms with van der Waals surface area (Å²) in [5.41, 5.74) is 11.6. The number of hydrogen-bond acceptors (Lipinski definition) is 2. The fourth-order valence-electron chi connectivity index (χ4n) is 9.12. The van der Waals surface area contributed by atoms with E-state index in [2.05, 4.69) is 265 Å². The van der Waals surface area contributed by atoms with E-state index >= 15 is 0 Å². The minimum Gasteiger partial charge on any atom is -0.310 e. The molecule has 0 atom stereocenters. The lowest BCUT2D eigenvalue weighted by Crippen LogP contribution is -2.22. The van der Waals surface area contributed by atoms with E-state index in [9.17, 15) is 0 Å². The molecule has 2 nitrogen and oxygen atoms in total. The molecule has 0 bridgehead atoms. The smallest absolute Gasteiger partial charge is 0.0613 e. The molecule has 1 heterocycles. The Labute approximate surface area is 359 Å². The fraction of sp³-hybridized carbons (Fsp3) is 0. The maximum Gasteiger partial charge on any atom is 0.0613 e. The fourth-order valence-corrected chi connectivity index (χ4v) is 13.3. The van der Waals surface area contributed by atoms with Crippen LogP contribution in [0.15, 0.2) is 274 Å². The van der Waals surface area contributed by atoms with E-state index in [4.69, 9.17) is 0 Å². The average Bonchev–Trinajstić information content (AvgIpc) is 3.34. The summed E-state index contributed by atoms with van der Waals surface area (Å²) in [5, 5.41) is 2.50. The summed E-state index contributed by atoms with van der Waals surface area (Å²) < 4.78 is 0. The molecule has 1 aliphatic heterocycles. The van der Waals surface area contributed by atoms with E-state index in [1.165, 1.54) is 64.0 Å². The van der Waals surface area contributed by atoms with Crippen LogP contribution in [-0.4, -0.2) is 0 Å². The van der Waals surface area contributed by atoms with Crippen LogP contribution in [0.1, 0.15) is 0 Å². The molecule has 1 aliphatic rings. The van der Waals surface area contributed by atoms with Crippen LogP contribution >= 0.6 is 10.0 Å². The van der Waals surface area contributed by atoms with Crippen LogP contribution in [0.25, 0.3) is 33.0 Å². The first-order chi connectivity index (χ1) is 30.3. The predicted octanol–water partition coefficient (Wildman–Crippen LogP) is 16.8. The zero-order chi connectivity index (χ0) is 40.6. The van der Waals surface area contributed by atoms with Gasteiger partial charge in [-0.05, 0) is 124 Å². The Hall–Kier alpha value is -7.59. The van der Waals surface area contributed by atoms with Gasteiger partial charge < -0.3 is 9.80 Å². The molecule has 0 saturated carbocycles. The molecule has 11 rings (SSSR count). The van der Waals surface area contributed by atoms with Crippen molar-refractivity contribution < 1.29 is 0 Å². The van der Waals surface area contributed by atoms with E-state index in [0.29, 0.717) is 0 Å². The summed E-state index contributed by atoms with van der Waals surface area (Å²) >= 11 is 0. The van der Waals surface area contributed by atoms with Crippen molar-refractivity contribution in [3.05, 3.63) is 255 Å². The van der Waals surface area contributed by atoms with Gasteiger partial charge in [-0.25, -0.2) is 0 Å². The standard InChI is InChI=1S/C58H42N2S/c1-5-18-43(19-6-1)44-32-36-48(37-33-44)59(49-38-34-46(35-39-49)54-29-17-21-45-20-13-14-28-53(45)54)50-40-41-58-56(42-50)60(47-22-7-2-8-23-47)55-30-15-16-31-57(55)61(58,51-24-9-3-10-25-51)52-26-11-4-12-27-52/h1-42H. The summed E-state index contributed by atoms with van der Waals surface area (Å²) in [4.78, 5) is 10.1. The third-order valence-electron chi connectivity index (χ3n) is 11.9. The predicted molar refractivity (Wildman–Crippen MR) is 258 cm³/mol. The normalized spacial score (nSPS) is 13.2. The Morgan fingerprint density at radius 3 is 1.49 bits per heavy atom. The highest BCUT2D eigenvalue weighted by Crippen LogP contribution is 2.79.